The van der Waals surface area contributed by atoms with Crippen LogP contribution in [0.4, 0.5) is 0 Å². The highest BCUT2D eigenvalue weighted by molar-refractivity contribution is 5.78. The van der Waals surface area contributed by atoms with E-state index in [4.69, 9.17) is 0 Å². The molecule has 0 aliphatic carbocycles. The summed E-state index contributed by atoms with van der Waals surface area (Å²) in [6.45, 7) is 11.7. The largest absolute Gasteiger partial charge is 0.350 e. The summed E-state index contributed by atoms with van der Waals surface area (Å²) in [6.07, 6.45) is 0.947. The van der Waals surface area contributed by atoms with Gasteiger partial charge in [0.1, 0.15) is 0 Å². The molecule has 3 heteroatoms. The Morgan fingerprint density at radius 3 is 2.36 bits per heavy atom. The average molecular weight is 200 g/mol. The predicted molar refractivity (Wildman–Crippen MR) is 60.2 cm³/mol. The summed E-state index contributed by atoms with van der Waals surface area (Å²) in [7, 11) is 0. The highest BCUT2D eigenvalue weighted by Crippen LogP contribution is 2.05. The maximum atomic E-state index is 11.4. The van der Waals surface area contributed by atoms with Crippen LogP contribution in [-0.2, 0) is 4.79 Å². The summed E-state index contributed by atoms with van der Waals surface area (Å²) in [6, 6.07) is 0. The summed E-state index contributed by atoms with van der Waals surface area (Å²) in [5.41, 5.74) is -0.0867. The van der Waals surface area contributed by atoms with Gasteiger partial charge in [0.15, 0.2) is 0 Å². The van der Waals surface area contributed by atoms with Crippen molar-refractivity contribution in [2.45, 2.75) is 46.6 Å². The third kappa shape index (κ3) is 6.89. The van der Waals surface area contributed by atoms with Crippen LogP contribution in [0, 0.1) is 5.92 Å². The van der Waals surface area contributed by atoms with E-state index in [1.807, 2.05) is 13.8 Å². The Bertz CT molecular complexity index is 176. The Balaban J connectivity index is 3.66. The van der Waals surface area contributed by atoms with Crippen molar-refractivity contribution in [1.29, 1.82) is 0 Å². The third-order valence-corrected chi connectivity index (χ3v) is 2.20. The molecule has 1 amide bonds. The minimum absolute atomic E-state index is 0.0810. The first-order valence-corrected chi connectivity index (χ1v) is 5.39. The van der Waals surface area contributed by atoms with Crippen molar-refractivity contribution in [1.82, 2.24) is 10.6 Å². The topological polar surface area (TPSA) is 41.1 Å². The Labute approximate surface area is 87.6 Å². The van der Waals surface area contributed by atoms with Crippen LogP contribution in [0.3, 0.4) is 0 Å². The summed E-state index contributed by atoms with van der Waals surface area (Å²) < 4.78 is 0. The first-order valence-electron chi connectivity index (χ1n) is 5.39. The Morgan fingerprint density at radius 2 is 1.93 bits per heavy atom. The van der Waals surface area contributed by atoms with Gasteiger partial charge in [-0.05, 0) is 32.7 Å². The normalized spacial score (nSPS) is 11.9. The highest BCUT2D eigenvalue weighted by Gasteiger charge is 2.16. The van der Waals surface area contributed by atoms with Gasteiger partial charge in [0, 0.05) is 5.54 Å². The summed E-state index contributed by atoms with van der Waals surface area (Å²) in [5.74, 6) is 0.666. The number of hydrogen-bond acceptors (Lipinski definition) is 2. The molecular formula is C11H24N2O. The summed E-state index contributed by atoms with van der Waals surface area (Å²) >= 11 is 0. The van der Waals surface area contributed by atoms with Crippen LogP contribution in [0.25, 0.3) is 0 Å². The number of amides is 1. The van der Waals surface area contributed by atoms with Gasteiger partial charge in [0.05, 0.1) is 6.54 Å². The van der Waals surface area contributed by atoms with E-state index in [0.717, 1.165) is 13.0 Å². The Hall–Kier alpha value is -0.570. The highest BCUT2D eigenvalue weighted by atomic mass is 16.2. The van der Waals surface area contributed by atoms with Crippen molar-refractivity contribution in [2.24, 2.45) is 5.92 Å². The molecule has 0 radical (unpaired) electrons. The minimum atomic E-state index is -0.0867. The summed E-state index contributed by atoms with van der Waals surface area (Å²) in [4.78, 5) is 11.4. The van der Waals surface area contributed by atoms with Crippen molar-refractivity contribution < 1.29 is 4.79 Å². The molecule has 0 aromatic heterocycles. The van der Waals surface area contributed by atoms with Crippen molar-refractivity contribution >= 4 is 5.91 Å². The van der Waals surface area contributed by atoms with Crippen LogP contribution >= 0.6 is 0 Å². The van der Waals surface area contributed by atoms with Gasteiger partial charge in [-0.2, -0.15) is 0 Å². The van der Waals surface area contributed by atoms with Gasteiger partial charge < -0.3 is 10.6 Å². The maximum Gasteiger partial charge on any atom is 0.234 e. The molecule has 0 atom stereocenters. The lowest BCUT2D eigenvalue weighted by atomic mass is 10.0. The lowest BCUT2D eigenvalue weighted by molar-refractivity contribution is -0.121. The molecule has 0 rings (SSSR count). The average Bonchev–Trinajstić information content (AvgIpc) is 2.02. The Morgan fingerprint density at radius 1 is 1.36 bits per heavy atom. The van der Waals surface area contributed by atoms with Crippen LogP contribution in [-0.4, -0.2) is 24.5 Å². The van der Waals surface area contributed by atoms with Crippen molar-refractivity contribution in [3.63, 3.8) is 0 Å². The fraction of sp³-hybridized carbons (Fsp3) is 0.909. The molecule has 0 aliphatic heterocycles. The molecule has 14 heavy (non-hydrogen) atoms. The second-order valence-corrected chi connectivity index (χ2v) is 4.81. The van der Waals surface area contributed by atoms with E-state index in [9.17, 15) is 4.79 Å². The van der Waals surface area contributed by atoms with Crippen LogP contribution in [0.1, 0.15) is 41.0 Å². The molecule has 0 bridgehead atoms. The van der Waals surface area contributed by atoms with Gasteiger partial charge in [0.2, 0.25) is 5.91 Å². The first-order chi connectivity index (χ1) is 6.37. The number of carbonyl (C=O) groups excluding carboxylic acids is 1. The van der Waals surface area contributed by atoms with Crippen LogP contribution in [0.5, 0.6) is 0 Å². The predicted octanol–water partition coefficient (Wildman–Crippen LogP) is 1.54. The van der Waals surface area contributed by atoms with E-state index in [1.54, 1.807) is 0 Å². The van der Waals surface area contributed by atoms with E-state index < -0.39 is 0 Å². The van der Waals surface area contributed by atoms with Gasteiger partial charge in [0.25, 0.3) is 0 Å². The van der Waals surface area contributed by atoms with Crippen LogP contribution in [0.15, 0.2) is 0 Å². The molecule has 0 spiro atoms. The van der Waals surface area contributed by atoms with Crippen LogP contribution < -0.4 is 10.6 Å². The zero-order valence-corrected chi connectivity index (χ0v) is 10.1. The molecule has 3 nitrogen and oxygen atoms in total. The van der Waals surface area contributed by atoms with E-state index >= 15 is 0 Å². The van der Waals surface area contributed by atoms with Crippen molar-refractivity contribution in [3.8, 4) is 0 Å². The lowest BCUT2D eigenvalue weighted by Gasteiger charge is -2.24. The standard InChI is InChI=1S/C11H24N2O/c1-6-11(4,5)13-10(14)8-12-7-9(2)3/h9,12H,6-8H2,1-5H3,(H,13,14). The van der Waals surface area contributed by atoms with Crippen molar-refractivity contribution in [2.75, 3.05) is 13.1 Å². The number of carbonyl (C=O) groups is 1. The second-order valence-electron chi connectivity index (χ2n) is 4.81. The zero-order valence-electron chi connectivity index (χ0n) is 10.1. The van der Waals surface area contributed by atoms with Gasteiger partial charge in [-0.15, -0.1) is 0 Å². The molecule has 0 saturated carbocycles. The van der Waals surface area contributed by atoms with E-state index in [2.05, 4.69) is 31.4 Å². The monoisotopic (exact) mass is 200 g/mol. The number of rotatable bonds is 6. The molecule has 0 unspecified atom stereocenters. The van der Waals surface area contributed by atoms with Gasteiger partial charge >= 0.3 is 0 Å². The van der Waals surface area contributed by atoms with Crippen LogP contribution in [0.2, 0.25) is 0 Å². The van der Waals surface area contributed by atoms with Gasteiger partial charge in [-0.1, -0.05) is 20.8 Å². The summed E-state index contributed by atoms with van der Waals surface area (Å²) in [5, 5.41) is 6.10. The molecule has 0 fully saturated rings. The molecule has 0 heterocycles. The van der Waals surface area contributed by atoms with Gasteiger partial charge in [-0.25, -0.2) is 0 Å². The second kappa shape index (κ2) is 6.02. The molecule has 0 aliphatic rings. The van der Waals surface area contributed by atoms with E-state index in [1.165, 1.54) is 0 Å². The van der Waals surface area contributed by atoms with E-state index in [0.29, 0.717) is 12.5 Å². The lowest BCUT2D eigenvalue weighted by Crippen LogP contribution is -2.46. The fourth-order valence-corrected chi connectivity index (χ4v) is 0.984. The molecule has 2 N–H and O–H groups in total. The number of nitrogens with one attached hydrogen (secondary N) is 2. The smallest absolute Gasteiger partial charge is 0.234 e. The van der Waals surface area contributed by atoms with Crippen molar-refractivity contribution in [3.05, 3.63) is 0 Å². The Kier molecular flexibility index (Phi) is 5.77. The maximum absolute atomic E-state index is 11.4. The molecule has 0 aromatic rings. The zero-order chi connectivity index (χ0) is 11.2. The molecule has 0 aromatic carbocycles. The minimum Gasteiger partial charge on any atom is -0.350 e. The van der Waals surface area contributed by atoms with Gasteiger partial charge in [-0.3, -0.25) is 4.79 Å². The van der Waals surface area contributed by atoms with E-state index in [-0.39, 0.29) is 11.4 Å². The first kappa shape index (κ1) is 13.4. The fourth-order valence-electron chi connectivity index (χ4n) is 0.984. The molecule has 84 valence electrons. The third-order valence-electron chi connectivity index (χ3n) is 2.20. The quantitative estimate of drug-likeness (QED) is 0.683. The molecular weight excluding hydrogens is 176 g/mol. The molecule has 0 saturated heterocycles. The number of hydrogen-bond donors (Lipinski definition) is 2. The SMILES string of the molecule is CCC(C)(C)NC(=O)CNCC(C)C.